The molecule has 1 aromatic rings. The monoisotopic (exact) mass is 379 g/mol. The second kappa shape index (κ2) is 8.10. The van der Waals surface area contributed by atoms with E-state index < -0.39 is 4.92 Å². The minimum Gasteiger partial charge on any atom is -0.493 e. The zero-order chi connectivity index (χ0) is 19.6. The van der Waals surface area contributed by atoms with Gasteiger partial charge in [0.2, 0.25) is 0 Å². The minimum atomic E-state index is -0.571. The molecule has 9 heteroatoms. The summed E-state index contributed by atoms with van der Waals surface area (Å²) in [7, 11) is 2.96. The molecule has 1 saturated heterocycles. The van der Waals surface area contributed by atoms with E-state index in [-0.39, 0.29) is 47.2 Å². The second-order valence-electron chi connectivity index (χ2n) is 6.99. The number of nitrogens with zero attached hydrogens (tertiary/aromatic N) is 2. The van der Waals surface area contributed by atoms with Crippen molar-refractivity contribution in [2.45, 2.75) is 18.9 Å². The highest BCUT2D eigenvalue weighted by molar-refractivity contribution is 5.99. The molecular weight excluding hydrogens is 354 g/mol. The molecule has 3 rings (SSSR count). The Morgan fingerprint density at radius 3 is 2.67 bits per heavy atom. The van der Waals surface area contributed by atoms with Gasteiger partial charge in [0.15, 0.2) is 11.5 Å². The lowest BCUT2D eigenvalue weighted by Crippen LogP contribution is -2.33. The number of hydrogen-bond acceptors (Lipinski definition) is 7. The van der Waals surface area contributed by atoms with E-state index in [9.17, 15) is 14.9 Å². The number of nitro benzene ring substituents is 1. The zero-order valence-corrected chi connectivity index (χ0v) is 15.6. The van der Waals surface area contributed by atoms with E-state index >= 15 is 0 Å². The molecule has 2 N–H and O–H groups in total. The first-order valence-electron chi connectivity index (χ1n) is 8.99. The van der Waals surface area contributed by atoms with Gasteiger partial charge in [0, 0.05) is 32.3 Å². The highest BCUT2D eigenvalue weighted by Gasteiger charge is 2.43. The predicted molar refractivity (Wildman–Crippen MR) is 97.1 cm³/mol. The van der Waals surface area contributed by atoms with Gasteiger partial charge in [-0.25, -0.2) is 0 Å². The number of carbonyl (C=O) groups excluding carboxylic acids is 1. The lowest BCUT2D eigenvalue weighted by atomic mass is 9.98. The van der Waals surface area contributed by atoms with Crippen molar-refractivity contribution in [2.24, 2.45) is 17.6 Å². The molecular formula is C18H25N3O6. The van der Waals surface area contributed by atoms with Gasteiger partial charge in [0.1, 0.15) is 12.2 Å². The molecule has 1 amide bonds. The quantitative estimate of drug-likeness (QED) is 0.433. The second-order valence-corrected chi connectivity index (χ2v) is 6.99. The molecule has 1 aromatic carbocycles. The van der Waals surface area contributed by atoms with Gasteiger partial charge in [-0.3, -0.25) is 14.9 Å². The van der Waals surface area contributed by atoms with Crippen molar-refractivity contribution in [2.75, 3.05) is 40.5 Å². The number of methoxy groups -OCH3 is 2. The summed E-state index contributed by atoms with van der Waals surface area (Å²) >= 11 is 0. The Bertz CT molecular complexity index is 725. The molecule has 0 aromatic heterocycles. The van der Waals surface area contributed by atoms with Crippen molar-refractivity contribution in [1.82, 2.24) is 4.90 Å². The van der Waals surface area contributed by atoms with Crippen LogP contribution in [0.5, 0.6) is 11.5 Å². The Balaban J connectivity index is 1.87. The van der Waals surface area contributed by atoms with Gasteiger partial charge < -0.3 is 24.8 Å². The Morgan fingerprint density at radius 1 is 1.26 bits per heavy atom. The first kappa shape index (κ1) is 19.4. The maximum absolute atomic E-state index is 13.0. The summed E-state index contributed by atoms with van der Waals surface area (Å²) in [6.45, 7) is 1.66. The average Bonchev–Trinajstić information content (AvgIpc) is 3.23. The maximum atomic E-state index is 13.0. The lowest BCUT2D eigenvalue weighted by Gasteiger charge is -2.19. The van der Waals surface area contributed by atoms with Crippen LogP contribution < -0.4 is 15.2 Å². The molecule has 0 radical (unpaired) electrons. The van der Waals surface area contributed by atoms with E-state index in [1.165, 1.54) is 26.4 Å². The van der Waals surface area contributed by atoms with Crippen LogP contribution in [0.2, 0.25) is 0 Å². The van der Waals surface area contributed by atoms with Crippen molar-refractivity contribution in [3.05, 3.63) is 27.8 Å². The molecule has 2 aliphatic rings. The summed E-state index contributed by atoms with van der Waals surface area (Å²) in [5.41, 5.74) is 5.84. The van der Waals surface area contributed by atoms with Crippen molar-refractivity contribution in [3.8, 4) is 11.5 Å². The number of carbonyl (C=O) groups is 1. The van der Waals surface area contributed by atoms with Crippen LogP contribution in [0.3, 0.4) is 0 Å². The predicted octanol–water partition coefficient (Wildman–Crippen LogP) is 1.44. The SMILES string of the molecule is COCCOc1cc([N+](=O)[O-])c(C(=O)N2CC3CCC(N)C3C2)cc1OC. The third-order valence-electron chi connectivity index (χ3n) is 5.45. The molecule has 1 heterocycles. The summed E-state index contributed by atoms with van der Waals surface area (Å²) in [4.78, 5) is 25.7. The molecule has 0 bridgehead atoms. The Hall–Kier alpha value is -2.39. The Labute approximate surface area is 157 Å². The molecule has 1 aliphatic heterocycles. The normalized spacial score (nSPS) is 24.0. The highest BCUT2D eigenvalue weighted by Crippen LogP contribution is 2.40. The standard InChI is InChI=1S/C18H25N3O6/c1-25-5-6-27-17-8-15(21(23)24)12(7-16(17)26-2)18(22)20-9-11-3-4-14(19)13(11)10-20/h7-8,11,13-14H,3-6,9-10,19H2,1-2H3. The summed E-state index contributed by atoms with van der Waals surface area (Å²) in [5, 5.41) is 11.6. The van der Waals surface area contributed by atoms with Gasteiger partial charge in [-0.1, -0.05) is 0 Å². The van der Waals surface area contributed by atoms with Crippen LogP contribution in [0, 0.1) is 22.0 Å². The van der Waals surface area contributed by atoms with Gasteiger partial charge >= 0.3 is 0 Å². The van der Waals surface area contributed by atoms with Gasteiger partial charge in [-0.15, -0.1) is 0 Å². The van der Waals surface area contributed by atoms with E-state index in [0.717, 1.165) is 12.8 Å². The van der Waals surface area contributed by atoms with E-state index in [4.69, 9.17) is 19.9 Å². The summed E-state index contributed by atoms with van der Waals surface area (Å²) in [6.07, 6.45) is 1.96. The maximum Gasteiger partial charge on any atom is 0.286 e. The highest BCUT2D eigenvalue weighted by atomic mass is 16.6. The lowest BCUT2D eigenvalue weighted by molar-refractivity contribution is -0.385. The third-order valence-corrected chi connectivity index (χ3v) is 5.45. The Morgan fingerprint density at radius 2 is 2.04 bits per heavy atom. The van der Waals surface area contributed by atoms with Crippen LogP contribution in [0.4, 0.5) is 5.69 Å². The number of benzene rings is 1. The summed E-state index contributed by atoms with van der Waals surface area (Å²) < 4.78 is 15.7. The van der Waals surface area contributed by atoms with Crippen molar-refractivity contribution >= 4 is 11.6 Å². The smallest absolute Gasteiger partial charge is 0.286 e. The van der Waals surface area contributed by atoms with E-state index in [0.29, 0.717) is 25.6 Å². The number of amides is 1. The first-order chi connectivity index (χ1) is 13.0. The van der Waals surface area contributed by atoms with E-state index in [1.54, 1.807) is 4.90 Å². The summed E-state index contributed by atoms with van der Waals surface area (Å²) in [5.74, 6) is 0.757. The average molecular weight is 379 g/mol. The first-order valence-corrected chi connectivity index (χ1v) is 8.99. The van der Waals surface area contributed by atoms with Gasteiger partial charge in [-0.05, 0) is 24.7 Å². The number of nitro groups is 1. The number of fused-ring (bicyclic) bond motifs is 1. The van der Waals surface area contributed by atoms with Gasteiger partial charge in [0.05, 0.1) is 24.7 Å². The van der Waals surface area contributed by atoms with Crippen LogP contribution in [0.1, 0.15) is 23.2 Å². The van der Waals surface area contributed by atoms with Crippen molar-refractivity contribution < 1.29 is 23.9 Å². The molecule has 2 fully saturated rings. The van der Waals surface area contributed by atoms with E-state index in [1.807, 2.05) is 0 Å². The topological polar surface area (TPSA) is 117 Å². The van der Waals surface area contributed by atoms with Crippen LogP contribution in [0.15, 0.2) is 12.1 Å². The third kappa shape index (κ3) is 3.84. The van der Waals surface area contributed by atoms with Crippen LogP contribution in [0.25, 0.3) is 0 Å². The minimum absolute atomic E-state index is 0.00415. The van der Waals surface area contributed by atoms with Gasteiger partial charge in [0.25, 0.3) is 11.6 Å². The number of likely N-dealkylation sites (tertiary alicyclic amines) is 1. The molecule has 27 heavy (non-hydrogen) atoms. The number of hydrogen-bond donors (Lipinski definition) is 1. The largest absolute Gasteiger partial charge is 0.493 e. The van der Waals surface area contributed by atoms with Crippen LogP contribution in [-0.2, 0) is 4.74 Å². The van der Waals surface area contributed by atoms with E-state index in [2.05, 4.69) is 0 Å². The molecule has 3 atom stereocenters. The summed E-state index contributed by atoms with van der Waals surface area (Å²) in [6, 6.07) is 2.72. The molecule has 0 spiro atoms. The van der Waals surface area contributed by atoms with Crippen molar-refractivity contribution in [3.63, 3.8) is 0 Å². The molecule has 148 valence electrons. The number of nitrogens with two attached hydrogens (primary N) is 1. The van der Waals surface area contributed by atoms with Crippen molar-refractivity contribution in [1.29, 1.82) is 0 Å². The molecule has 3 unspecified atom stereocenters. The molecule has 9 nitrogen and oxygen atoms in total. The fraction of sp³-hybridized carbons (Fsp3) is 0.611. The Kier molecular flexibility index (Phi) is 5.81. The molecule has 1 aliphatic carbocycles. The number of rotatable bonds is 7. The fourth-order valence-electron chi connectivity index (χ4n) is 4.02. The molecule has 1 saturated carbocycles. The fourth-order valence-corrected chi connectivity index (χ4v) is 4.02. The zero-order valence-electron chi connectivity index (χ0n) is 15.6. The van der Waals surface area contributed by atoms with Crippen LogP contribution >= 0.6 is 0 Å². The van der Waals surface area contributed by atoms with Crippen LogP contribution in [-0.4, -0.2) is 62.3 Å². The van der Waals surface area contributed by atoms with Gasteiger partial charge in [-0.2, -0.15) is 0 Å². The number of ether oxygens (including phenoxy) is 3.